The minimum Gasteiger partial charge on any atom is -0.497 e. The number of ether oxygens (including phenoxy) is 1. The smallest absolute Gasteiger partial charge is 0.234 e. The van der Waals surface area contributed by atoms with E-state index in [1.165, 1.54) is 11.8 Å². The monoisotopic (exact) mass is 425 g/mol. The van der Waals surface area contributed by atoms with E-state index in [0.717, 1.165) is 45.8 Å². The Bertz CT molecular complexity index is 1000. The first-order valence-electron chi connectivity index (χ1n) is 9.80. The van der Waals surface area contributed by atoms with Gasteiger partial charge in [0.05, 0.1) is 19.4 Å². The molecule has 0 atom stereocenters. The summed E-state index contributed by atoms with van der Waals surface area (Å²) < 4.78 is 7.20. The average molecular weight is 426 g/mol. The van der Waals surface area contributed by atoms with Crippen LogP contribution in [0.3, 0.4) is 0 Å². The number of nitrogens with one attached hydrogen (secondary N) is 2. The molecule has 0 radical (unpaired) electrons. The highest BCUT2D eigenvalue weighted by Gasteiger charge is 2.14. The van der Waals surface area contributed by atoms with Gasteiger partial charge in [-0.2, -0.15) is 0 Å². The lowest BCUT2D eigenvalue weighted by Gasteiger charge is -2.11. The van der Waals surface area contributed by atoms with Gasteiger partial charge in [-0.15, -0.1) is 10.2 Å². The fourth-order valence-electron chi connectivity index (χ4n) is 2.95. The van der Waals surface area contributed by atoms with Crippen LogP contribution in [0.2, 0.25) is 0 Å². The summed E-state index contributed by atoms with van der Waals surface area (Å²) in [5.41, 5.74) is 3.98. The SMILES string of the molecule is CCn1c(CNc2ccc(OC)cc2)nnc1SCC(=O)Nc1cc(C)ccc1C. The van der Waals surface area contributed by atoms with Crippen LogP contribution in [0.1, 0.15) is 23.9 Å². The number of rotatable bonds is 9. The normalized spacial score (nSPS) is 10.7. The molecule has 3 rings (SSSR count). The first-order valence-corrected chi connectivity index (χ1v) is 10.8. The second-order valence-electron chi connectivity index (χ2n) is 6.88. The number of hydrogen-bond donors (Lipinski definition) is 2. The fourth-order valence-corrected chi connectivity index (χ4v) is 3.77. The first kappa shape index (κ1) is 21.7. The number of aromatic nitrogens is 3. The van der Waals surface area contributed by atoms with Gasteiger partial charge in [-0.25, -0.2) is 0 Å². The molecule has 1 aromatic heterocycles. The molecule has 1 amide bonds. The van der Waals surface area contributed by atoms with Crippen LogP contribution in [0, 0.1) is 13.8 Å². The van der Waals surface area contributed by atoms with Gasteiger partial charge >= 0.3 is 0 Å². The van der Waals surface area contributed by atoms with Crippen LogP contribution in [0.4, 0.5) is 11.4 Å². The highest BCUT2D eigenvalue weighted by Crippen LogP contribution is 2.21. The Hall–Kier alpha value is -3.00. The van der Waals surface area contributed by atoms with Gasteiger partial charge in [-0.1, -0.05) is 23.9 Å². The number of carbonyl (C=O) groups is 1. The van der Waals surface area contributed by atoms with Crippen molar-refractivity contribution in [3.63, 3.8) is 0 Å². The van der Waals surface area contributed by atoms with Crippen molar-refractivity contribution in [1.82, 2.24) is 14.8 Å². The second-order valence-corrected chi connectivity index (χ2v) is 7.82. The third-order valence-corrected chi connectivity index (χ3v) is 5.62. The van der Waals surface area contributed by atoms with Crippen LogP contribution in [-0.4, -0.2) is 33.5 Å². The predicted molar refractivity (Wildman–Crippen MR) is 121 cm³/mol. The number of amides is 1. The molecule has 0 saturated heterocycles. The summed E-state index contributed by atoms with van der Waals surface area (Å²) in [4.78, 5) is 12.4. The van der Waals surface area contributed by atoms with E-state index in [1.54, 1.807) is 7.11 Å². The molecule has 8 heteroatoms. The van der Waals surface area contributed by atoms with Crippen molar-refractivity contribution in [2.75, 3.05) is 23.5 Å². The van der Waals surface area contributed by atoms with Gasteiger partial charge < -0.3 is 19.9 Å². The Kier molecular flexibility index (Phi) is 7.35. The molecule has 158 valence electrons. The molecule has 0 saturated carbocycles. The van der Waals surface area contributed by atoms with Gasteiger partial charge in [0.2, 0.25) is 5.91 Å². The molecule has 0 aliphatic carbocycles. The van der Waals surface area contributed by atoms with Crippen molar-refractivity contribution >= 4 is 29.0 Å². The topological polar surface area (TPSA) is 81.1 Å². The molecule has 2 aromatic carbocycles. The zero-order valence-electron chi connectivity index (χ0n) is 17.7. The summed E-state index contributed by atoms with van der Waals surface area (Å²) >= 11 is 1.39. The minimum atomic E-state index is -0.0581. The summed E-state index contributed by atoms with van der Waals surface area (Å²) in [5, 5.41) is 15.6. The maximum Gasteiger partial charge on any atom is 0.234 e. The second kappa shape index (κ2) is 10.2. The average Bonchev–Trinajstić information content (AvgIpc) is 3.15. The van der Waals surface area contributed by atoms with Crippen LogP contribution in [0.15, 0.2) is 47.6 Å². The van der Waals surface area contributed by atoms with Crippen LogP contribution < -0.4 is 15.4 Å². The summed E-state index contributed by atoms with van der Waals surface area (Å²) in [6.07, 6.45) is 0. The molecular weight excluding hydrogens is 398 g/mol. The lowest BCUT2D eigenvalue weighted by Crippen LogP contribution is -2.15. The lowest BCUT2D eigenvalue weighted by molar-refractivity contribution is -0.113. The van der Waals surface area contributed by atoms with Gasteiger partial charge in [0.15, 0.2) is 11.0 Å². The van der Waals surface area contributed by atoms with E-state index in [4.69, 9.17) is 4.74 Å². The van der Waals surface area contributed by atoms with E-state index in [2.05, 4.69) is 20.8 Å². The lowest BCUT2D eigenvalue weighted by atomic mass is 10.1. The van der Waals surface area contributed by atoms with Crippen LogP contribution >= 0.6 is 11.8 Å². The van der Waals surface area contributed by atoms with Crippen molar-refractivity contribution in [3.8, 4) is 5.75 Å². The summed E-state index contributed by atoms with van der Waals surface area (Å²) in [5.74, 6) is 1.86. The van der Waals surface area contributed by atoms with Crippen LogP contribution in [0.25, 0.3) is 0 Å². The fraction of sp³-hybridized carbons (Fsp3) is 0.318. The number of carbonyl (C=O) groups excluding carboxylic acids is 1. The van der Waals surface area contributed by atoms with E-state index in [9.17, 15) is 4.79 Å². The van der Waals surface area contributed by atoms with Gasteiger partial charge in [-0.3, -0.25) is 4.79 Å². The maximum atomic E-state index is 12.4. The van der Waals surface area contributed by atoms with Crippen molar-refractivity contribution < 1.29 is 9.53 Å². The Morgan fingerprint density at radius 2 is 1.90 bits per heavy atom. The van der Waals surface area contributed by atoms with Gasteiger partial charge in [-0.05, 0) is 62.2 Å². The Balaban J connectivity index is 1.58. The summed E-state index contributed by atoms with van der Waals surface area (Å²) in [7, 11) is 1.65. The molecule has 0 fully saturated rings. The molecular formula is C22H27N5O2S. The van der Waals surface area contributed by atoms with Crippen molar-refractivity contribution in [2.24, 2.45) is 0 Å². The van der Waals surface area contributed by atoms with E-state index in [0.29, 0.717) is 6.54 Å². The third-order valence-electron chi connectivity index (χ3n) is 4.65. The van der Waals surface area contributed by atoms with E-state index in [-0.39, 0.29) is 11.7 Å². The quantitative estimate of drug-likeness (QED) is 0.499. The molecule has 3 aromatic rings. The predicted octanol–water partition coefficient (Wildman–Crippen LogP) is 4.27. The van der Waals surface area contributed by atoms with Crippen molar-refractivity contribution in [2.45, 2.75) is 39.0 Å². The highest BCUT2D eigenvalue weighted by molar-refractivity contribution is 7.99. The first-order chi connectivity index (χ1) is 14.5. The van der Waals surface area contributed by atoms with E-state index in [1.807, 2.05) is 67.8 Å². The molecule has 2 N–H and O–H groups in total. The number of aryl methyl sites for hydroxylation is 2. The molecule has 7 nitrogen and oxygen atoms in total. The van der Waals surface area contributed by atoms with Crippen molar-refractivity contribution in [3.05, 3.63) is 59.4 Å². The Morgan fingerprint density at radius 3 is 2.60 bits per heavy atom. The number of anilines is 2. The molecule has 0 spiro atoms. The molecule has 0 aliphatic rings. The maximum absolute atomic E-state index is 12.4. The van der Waals surface area contributed by atoms with Crippen molar-refractivity contribution in [1.29, 1.82) is 0 Å². The summed E-state index contributed by atoms with van der Waals surface area (Å²) in [6.45, 7) is 7.31. The standard InChI is InChI=1S/C22H27N5O2S/c1-5-27-20(13-23-17-8-10-18(29-4)11-9-17)25-26-22(27)30-14-21(28)24-19-12-15(2)6-7-16(19)3/h6-12,23H,5,13-14H2,1-4H3,(H,24,28). The molecule has 1 heterocycles. The number of nitrogens with zero attached hydrogens (tertiary/aromatic N) is 3. The van der Waals surface area contributed by atoms with E-state index >= 15 is 0 Å². The summed E-state index contributed by atoms with van der Waals surface area (Å²) in [6, 6.07) is 13.7. The molecule has 30 heavy (non-hydrogen) atoms. The zero-order chi connectivity index (χ0) is 21.5. The van der Waals surface area contributed by atoms with Crippen LogP contribution in [0.5, 0.6) is 5.75 Å². The van der Waals surface area contributed by atoms with Gasteiger partial charge in [0, 0.05) is 17.9 Å². The zero-order valence-corrected chi connectivity index (χ0v) is 18.5. The molecule has 0 bridgehead atoms. The Labute approximate surface area is 181 Å². The van der Waals surface area contributed by atoms with Crippen LogP contribution in [-0.2, 0) is 17.9 Å². The largest absolute Gasteiger partial charge is 0.497 e. The Morgan fingerprint density at radius 1 is 1.13 bits per heavy atom. The number of methoxy groups -OCH3 is 1. The minimum absolute atomic E-state index is 0.0581. The van der Waals surface area contributed by atoms with Gasteiger partial charge in [0.1, 0.15) is 5.75 Å². The number of thioether (sulfide) groups is 1. The molecule has 0 unspecified atom stereocenters. The van der Waals surface area contributed by atoms with Gasteiger partial charge in [0.25, 0.3) is 0 Å². The molecule has 0 aliphatic heterocycles. The third kappa shape index (κ3) is 5.54. The van der Waals surface area contributed by atoms with E-state index < -0.39 is 0 Å². The highest BCUT2D eigenvalue weighted by atomic mass is 32.2. The number of hydrogen-bond acceptors (Lipinski definition) is 6. The number of benzene rings is 2.